The molecule has 0 fully saturated rings. The van der Waals surface area contributed by atoms with Crippen LogP contribution in [-0.4, -0.2) is 13.6 Å². The van der Waals surface area contributed by atoms with E-state index in [1.165, 1.54) is 6.20 Å². The Kier molecular flexibility index (Phi) is 3.59. The number of nitrogens with two attached hydrogens (primary N) is 1. The fourth-order valence-corrected chi connectivity index (χ4v) is 3.15. The number of nitrogens with one attached hydrogen (secondary N) is 1. The second-order valence-electron chi connectivity index (χ2n) is 4.25. The Balaban J connectivity index is 2.32. The number of nitrogen functional groups attached to an aromatic ring is 1. The molecule has 0 aliphatic carbocycles. The fourth-order valence-electron chi connectivity index (χ4n) is 1.74. The summed E-state index contributed by atoms with van der Waals surface area (Å²) in [7, 11) is -3.68. The molecule has 19 heavy (non-hydrogen) atoms. The molecule has 0 unspecified atom stereocenters. The average molecular weight is 281 g/mol. The van der Waals surface area contributed by atoms with Crippen LogP contribution in [0.1, 0.15) is 16.9 Å². The lowest BCUT2D eigenvalue weighted by molar-refractivity contribution is 0.380. The normalized spacial score (nSPS) is 11.7. The number of sulfonamides is 1. The summed E-state index contributed by atoms with van der Waals surface area (Å²) in [6.45, 7) is 3.51. The molecule has 0 radical (unpaired) electrons. The maximum Gasteiger partial charge on any atom is 0.243 e. The van der Waals surface area contributed by atoms with E-state index in [0.29, 0.717) is 11.3 Å². The smallest absolute Gasteiger partial charge is 0.243 e. The van der Waals surface area contributed by atoms with Gasteiger partial charge in [-0.25, -0.2) is 13.1 Å². The van der Waals surface area contributed by atoms with E-state index in [1.54, 1.807) is 32.0 Å². The van der Waals surface area contributed by atoms with Crippen molar-refractivity contribution in [2.75, 3.05) is 5.73 Å². The molecule has 3 N–H and O–H groups in total. The van der Waals surface area contributed by atoms with E-state index < -0.39 is 10.0 Å². The van der Waals surface area contributed by atoms with Crippen LogP contribution in [-0.2, 0) is 16.6 Å². The molecule has 0 aliphatic rings. The summed E-state index contributed by atoms with van der Waals surface area (Å²) in [5.41, 5.74) is 7.46. The van der Waals surface area contributed by atoms with E-state index in [9.17, 15) is 8.42 Å². The van der Waals surface area contributed by atoms with Gasteiger partial charge in [0.1, 0.15) is 4.90 Å². The molecular weight excluding hydrogens is 266 g/mol. The van der Waals surface area contributed by atoms with Crippen LogP contribution in [0.25, 0.3) is 0 Å². The lowest BCUT2D eigenvalue weighted by Crippen LogP contribution is -2.25. The highest BCUT2D eigenvalue weighted by atomic mass is 32.2. The Hall–Kier alpha value is -1.86. The largest absolute Gasteiger partial charge is 0.397 e. The van der Waals surface area contributed by atoms with Gasteiger partial charge in [-0.3, -0.25) is 0 Å². The van der Waals surface area contributed by atoms with Crippen molar-refractivity contribution in [2.24, 2.45) is 0 Å². The first-order valence-electron chi connectivity index (χ1n) is 5.66. The van der Waals surface area contributed by atoms with Crippen molar-refractivity contribution in [1.82, 2.24) is 9.88 Å². The zero-order valence-electron chi connectivity index (χ0n) is 10.7. The molecule has 0 amide bonds. The highest BCUT2D eigenvalue weighted by Crippen LogP contribution is 2.25. The van der Waals surface area contributed by atoms with Crippen LogP contribution in [0.5, 0.6) is 0 Å². The molecule has 0 bridgehead atoms. The van der Waals surface area contributed by atoms with Gasteiger partial charge in [0.15, 0.2) is 5.76 Å². The molecule has 1 aromatic carbocycles. The highest BCUT2D eigenvalue weighted by Gasteiger charge is 2.21. The van der Waals surface area contributed by atoms with Crippen LogP contribution < -0.4 is 10.5 Å². The van der Waals surface area contributed by atoms with E-state index in [0.717, 1.165) is 5.56 Å². The number of rotatable bonds is 4. The Morgan fingerprint density at radius 2 is 1.95 bits per heavy atom. The summed E-state index contributed by atoms with van der Waals surface area (Å²) in [5, 5.41) is 3.51. The molecule has 0 saturated heterocycles. The lowest BCUT2D eigenvalue weighted by atomic mass is 10.1. The van der Waals surface area contributed by atoms with Gasteiger partial charge in [-0.05, 0) is 25.0 Å². The maximum atomic E-state index is 12.3. The van der Waals surface area contributed by atoms with Crippen LogP contribution in [0.15, 0.2) is 33.8 Å². The van der Waals surface area contributed by atoms with Crippen LogP contribution >= 0.6 is 0 Å². The molecule has 6 nitrogen and oxygen atoms in total. The third-order valence-electron chi connectivity index (χ3n) is 2.81. The van der Waals surface area contributed by atoms with Crippen molar-refractivity contribution in [3.05, 3.63) is 41.3 Å². The quantitative estimate of drug-likeness (QED) is 0.824. The Bertz CT molecular complexity index is 678. The third kappa shape index (κ3) is 2.77. The summed E-state index contributed by atoms with van der Waals surface area (Å²) in [4.78, 5) is 0.118. The van der Waals surface area contributed by atoms with Gasteiger partial charge in [-0.1, -0.05) is 17.3 Å². The van der Waals surface area contributed by atoms with E-state index in [2.05, 4.69) is 9.88 Å². The van der Waals surface area contributed by atoms with Crippen molar-refractivity contribution in [1.29, 1.82) is 0 Å². The highest BCUT2D eigenvalue weighted by molar-refractivity contribution is 7.89. The van der Waals surface area contributed by atoms with E-state index in [-0.39, 0.29) is 17.1 Å². The number of aryl methyl sites for hydroxylation is 2. The summed E-state index contributed by atoms with van der Waals surface area (Å²) in [6, 6.07) is 5.11. The molecule has 102 valence electrons. The van der Waals surface area contributed by atoms with Gasteiger partial charge in [-0.15, -0.1) is 0 Å². The monoisotopic (exact) mass is 281 g/mol. The van der Waals surface area contributed by atoms with Gasteiger partial charge in [0.05, 0.1) is 18.4 Å². The number of anilines is 1. The molecular formula is C12H15N3O3S. The zero-order chi connectivity index (χ0) is 14.0. The number of hydrogen-bond acceptors (Lipinski definition) is 5. The molecule has 2 rings (SSSR count). The predicted molar refractivity (Wildman–Crippen MR) is 70.9 cm³/mol. The Morgan fingerprint density at radius 3 is 2.58 bits per heavy atom. The van der Waals surface area contributed by atoms with Crippen molar-refractivity contribution in [3.8, 4) is 0 Å². The van der Waals surface area contributed by atoms with Gasteiger partial charge in [0.2, 0.25) is 10.0 Å². The van der Waals surface area contributed by atoms with Gasteiger partial charge in [0, 0.05) is 6.07 Å². The van der Waals surface area contributed by atoms with Crippen LogP contribution in [0.4, 0.5) is 5.69 Å². The number of benzene rings is 1. The molecule has 1 aromatic heterocycles. The van der Waals surface area contributed by atoms with Crippen molar-refractivity contribution < 1.29 is 12.9 Å². The van der Waals surface area contributed by atoms with Crippen molar-refractivity contribution in [3.63, 3.8) is 0 Å². The first kappa shape index (κ1) is 13.6. The molecule has 7 heteroatoms. The molecule has 0 saturated carbocycles. The minimum absolute atomic E-state index is 0.0369. The van der Waals surface area contributed by atoms with Crippen LogP contribution in [0.3, 0.4) is 0 Å². The maximum absolute atomic E-state index is 12.3. The van der Waals surface area contributed by atoms with Crippen molar-refractivity contribution >= 4 is 15.7 Å². The number of hydrogen-bond donors (Lipinski definition) is 2. The van der Waals surface area contributed by atoms with Crippen LogP contribution in [0, 0.1) is 13.8 Å². The van der Waals surface area contributed by atoms with E-state index in [4.69, 9.17) is 10.3 Å². The molecule has 1 heterocycles. The standard InChI is InChI=1S/C12H15N3O3S/c1-8-3-4-9(2)12(11(8)13)19(16,17)15-7-10-5-6-14-18-10/h3-6,15H,7,13H2,1-2H3. The van der Waals surface area contributed by atoms with Gasteiger partial charge >= 0.3 is 0 Å². The minimum atomic E-state index is -3.68. The SMILES string of the molecule is Cc1ccc(C)c(S(=O)(=O)NCc2ccno2)c1N. The summed E-state index contributed by atoms with van der Waals surface area (Å²) >= 11 is 0. The molecule has 0 aliphatic heterocycles. The minimum Gasteiger partial charge on any atom is -0.397 e. The van der Waals surface area contributed by atoms with Crippen molar-refractivity contribution in [2.45, 2.75) is 25.3 Å². The molecule has 0 atom stereocenters. The zero-order valence-corrected chi connectivity index (χ0v) is 11.5. The first-order valence-corrected chi connectivity index (χ1v) is 7.15. The lowest BCUT2D eigenvalue weighted by Gasteiger charge is -2.12. The summed E-state index contributed by atoms with van der Waals surface area (Å²) in [6.07, 6.45) is 1.45. The Morgan fingerprint density at radius 1 is 1.26 bits per heavy atom. The number of aromatic nitrogens is 1. The number of nitrogens with zero attached hydrogens (tertiary/aromatic N) is 1. The molecule has 0 spiro atoms. The van der Waals surface area contributed by atoms with Gasteiger partial charge in [-0.2, -0.15) is 0 Å². The summed E-state index contributed by atoms with van der Waals surface area (Å²) < 4.78 is 31.8. The third-order valence-corrected chi connectivity index (χ3v) is 4.41. The Labute approximate surface area is 111 Å². The predicted octanol–water partition coefficient (Wildman–Crippen LogP) is 1.35. The fraction of sp³-hybridized carbons (Fsp3) is 0.250. The summed E-state index contributed by atoms with van der Waals surface area (Å²) in [5.74, 6) is 0.437. The molecule has 2 aromatic rings. The van der Waals surface area contributed by atoms with E-state index in [1.807, 2.05) is 0 Å². The van der Waals surface area contributed by atoms with E-state index >= 15 is 0 Å². The van der Waals surface area contributed by atoms with Gasteiger partial charge in [0.25, 0.3) is 0 Å². The van der Waals surface area contributed by atoms with Gasteiger partial charge < -0.3 is 10.3 Å². The average Bonchev–Trinajstić information content (AvgIpc) is 2.85. The second-order valence-corrected chi connectivity index (χ2v) is 5.95. The second kappa shape index (κ2) is 5.02. The topological polar surface area (TPSA) is 98.2 Å². The first-order chi connectivity index (χ1) is 8.92. The van der Waals surface area contributed by atoms with Crippen LogP contribution in [0.2, 0.25) is 0 Å².